The zero-order valence-corrected chi connectivity index (χ0v) is 9.22. The van der Waals surface area contributed by atoms with Crippen molar-refractivity contribution in [2.75, 3.05) is 7.11 Å². The Morgan fingerprint density at radius 2 is 2.20 bits per heavy atom. The monoisotopic (exact) mass is 236 g/mol. The summed E-state index contributed by atoms with van der Waals surface area (Å²) in [5.41, 5.74) is -1.10. The summed E-state index contributed by atoms with van der Waals surface area (Å²) < 4.78 is 39.6. The average Bonchev–Trinajstić information content (AvgIpc) is 2.73. The molecule has 0 heterocycles. The van der Waals surface area contributed by atoms with Gasteiger partial charge in [-0.05, 0) is 31.6 Å². The van der Waals surface area contributed by atoms with Crippen LogP contribution in [0.5, 0.6) is 0 Å². The number of halogens is 1. The molecular weight excluding hydrogens is 223 g/mol. The second kappa shape index (κ2) is 3.17. The van der Waals surface area contributed by atoms with Gasteiger partial charge in [-0.1, -0.05) is 0 Å². The number of ether oxygens (including phenoxy) is 1. The van der Waals surface area contributed by atoms with Crippen molar-refractivity contribution >= 4 is 16.2 Å². The lowest BCUT2D eigenvalue weighted by molar-refractivity contribution is -0.152. The maximum Gasteiger partial charge on any atom is 0.313 e. The smallest absolute Gasteiger partial charge is 0.313 e. The SMILES string of the molecule is COC(=O)C12CCC(CC1S(=O)(=O)F)C2. The van der Waals surface area contributed by atoms with Crippen LogP contribution in [-0.2, 0) is 19.8 Å². The van der Waals surface area contributed by atoms with Crippen molar-refractivity contribution in [3.05, 3.63) is 0 Å². The Morgan fingerprint density at radius 1 is 1.53 bits per heavy atom. The summed E-state index contributed by atoms with van der Waals surface area (Å²) in [7, 11) is -3.43. The van der Waals surface area contributed by atoms with Gasteiger partial charge in [-0.3, -0.25) is 4.79 Å². The number of fused-ring (bicyclic) bond motifs is 2. The van der Waals surface area contributed by atoms with Gasteiger partial charge in [0, 0.05) is 0 Å². The van der Waals surface area contributed by atoms with Crippen LogP contribution < -0.4 is 0 Å². The molecule has 2 aliphatic carbocycles. The van der Waals surface area contributed by atoms with Crippen molar-refractivity contribution in [3.63, 3.8) is 0 Å². The lowest BCUT2D eigenvalue weighted by atomic mass is 9.84. The predicted molar refractivity (Wildman–Crippen MR) is 50.2 cm³/mol. The second-order valence-electron chi connectivity index (χ2n) is 4.46. The summed E-state index contributed by atoms with van der Waals surface area (Å²) >= 11 is 0. The molecule has 86 valence electrons. The zero-order valence-electron chi connectivity index (χ0n) is 8.40. The molecule has 4 nitrogen and oxygen atoms in total. The highest BCUT2D eigenvalue weighted by molar-refractivity contribution is 7.87. The highest BCUT2D eigenvalue weighted by atomic mass is 32.3. The Balaban J connectivity index is 2.39. The molecule has 0 amide bonds. The Hall–Kier alpha value is -0.650. The number of carbonyl (C=O) groups excluding carboxylic acids is 1. The van der Waals surface area contributed by atoms with Crippen LogP contribution in [0.4, 0.5) is 3.89 Å². The fourth-order valence-corrected chi connectivity index (χ4v) is 4.46. The number of esters is 1. The van der Waals surface area contributed by atoms with E-state index < -0.39 is 26.9 Å². The van der Waals surface area contributed by atoms with Gasteiger partial charge in [0.05, 0.1) is 12.5 Å². The van der Waals surface area contributed by atoms with E-state index in [1.165, 1.54) is 7.11 Å². The Morgan fingerprint density at radius 3 is 2.67 bits per heavy atom. The summed E-state index contributed by atoms with van der Waals surface area (Å²) in [6.45, 7) is 0. The highest BCUT2D eigenvalue weighted by Gasteiger charge is 2.62. The van der Waals surface area contributed by atoms with E-state index in [0.717, 1.165) is 6.42 Å². The van der Waals surface area contributed by atoms with Crippen molar-refractivity contribution < 1.29 is 21.8 Å². The fraction of sp³-hybridized carbons (Fsp3) is 0.889. The van der Waals surface area contributed by atoms with Crippen molar-refractivity contribution in [2.45, 2.75) is 30.9 Å². The largest absolute Gasteiger partial charge is 0.469 e. The maximum absolute atomic E-state index is 13.1. The molecule has 2 aliphatic rings. The van der Waals surface area contributed by atoms with Crippen LogP contribution in [0, 0.1) is 11.3 Å². The topological polar surface area (TPSA) is 60.4 Å². The molecule has 2 bridgehead atoms. The van der Waals surface area contributed by atoms with E-state index in [2.05, 4.69) is 4.74 Å². The van der Waals surface area contributed by atoms with Crippen LogP contribution in [0.1, 0.15) is 25.7 Å². The summed E-state index contributed by atoms with van der Waals surface area (Å²) in [5, 5.41) is -1.18. The first-order valence-corrected chi connectivity index (χ1v) is 6.37. The van der Waals surface area contributed by atoms with Crippen LogP contribution in [0.3, 0.4) is 0 Å². The summed E-state index contributed by atoms with van der Waals surface area (Å²) in [4.78, 5) is 11.6. The normalized spacial score (nSPS) is 39.3. The van der Waals surface area contributed by atoms with Gasteiger partial charge >= 0.3 is 16.2 Å². The highest BCUT2D eigenvalue weighted by Crippen LogP contribution is 2.57. The van der Waals surface area contributed by atoms with Gasteiger partial charge in [0.1, 0.15) is 5.25 Å². The van der Waals surface area contributed by atoms with Crippen LogP contribution >= 0.6 is 0 Å². The molecule has 0 aromatic rings. The number of carbonyl (C=O) groups is 1. The third kappa shape index (κ3) is 1.46. The molecule has 2 saturated carbocycles. The van der Waals surface area contributed by atoms with Gasteiger partial charge in [0.25, 0.3) is 0 Å². The molecule has 2 fully saturated rings. The Labute approximate surface area is 88.0 Å². The van der Waals surface area contributed by atoms with E-state index in [9.17, 15) is 17.1 Å². The first-order valence-electron chi connectivity index (χ1n) is 4.92. The fourth-order valence-electron chi connectivity index (χ4n) is 3.11. The van der Waals surface area contributed by atoms with Crippen molar-refractivity contribution in [2.24, 2.45) is 11.3 Å². The molecule has 3 unspecified atom stereocenters. The molecule has 0 aliphatic heterocycles. The molecule has 0 aromatic heterocycles. The van der Waals surface area contributed by atoms with Crippen molar-refractivity contribution in [3.8, 4) is 0 Å². The van der Waals surface area contributed by atoms with E-state index in [0.29, 0.717) is 12.8 Å². The van der Waals surface area contributed by atoms with E-state index in [1.54, 1.807) is 0 Å². The van der Waals surface area contributed by atoms with Gasteiger partial charge in [0.15, 0.2) is 0 Å². The number of hydrogen-bond donors (Lipinski definition) is 0. The Kier molecular flexibility index (Phi) is 2.29. The van der Waals surface area contributed by atoms with Gasteiger partial charge in [-0.2, -0.15) is 8.42 Å². The van der Waals surface area contributed by atoms with Crippen LogP contribution in [0.25, 0.3) is 0 Å². The minimum atomic E-state index is -4.65. The average molecular weight is 236 g/mol. The van der Waals surface area contributed by atoms with Gasteiger partial charge in [-0.25, -0.2) is 0 Å². The third-order valence-electron chi connectivity index (χ3n) is 3.75. The minimum absolute atomic E-state index is 0.152. The minimum Gasteiger partial charge on any atom is -0.469 e. The molecule has 0 spiro atoms. The van der Waals surface area contributed by atoms with Crippen molar-refractivity contribution in [1.82, 2.24) is 0 Å². The first-order chi connectivity index (χ1) is 6.90. The first kappa shape index (κ1) is 10.9. The van der Waals surface area contributed by atoms with E-state index >= 15 is 0 Å². The number of methoxy groups -OCH3 is 1. The standard InChI is InChI=1S/C9H13FO4S/c1-14-8(11)9-3-2-6(5-9)4-7(9)15(10,12)13/h6-7H,2-5H2,1H3. The number of hydrogen-bond acceptors (Lipinski definition) is 4. The van der Waals surface area contributed by atoms with E-state index in [-0.39, 0.29) is 12.3 Å². The van der Waals surface area contributed by atoms with E-state index in [4.69, 9.17) is 0 Å². The van der Waals surface area contributed by atoms with Gasteiger partial charge in [0.2, 0.25) is 0 Å². The zero-order chi connectivity index (χ0) is 11.3. The summed E-state index contributed by atoms with van der Waals surface area (Å²) in [5.74, 6) is -0.423. The molecule has 3 atom stereocenters. The van der Waals surface area contributed by atoms with Crippen molar-refractivity contribution in [1.29, 1.82) is 0 Å². The molecule has 15 heavy (non-hydrogen) atoms. The van der Waals surface area contributed by atoms with Gasteiger partial charge in [-0.15, -0.1) is 3.89 Å². The lowest BCUT2D eigenvalue weighted by Crippen LogP contribution is -2.42. The molecule has 6 heteroatoms. The maximum atomic E-state index is 13.1. The molecule has 0 radical (unpaired) electrons. The second-order valence-corrected chi connectivity index (χ2v) is 5.98. The molecular formula is C9H13FO4S. The molecule has 2 rings (SSSR count). The summed E-state index contributed by atoms with van der Waals surface area (Å²) in [6, 6.07) is 0. The molecule has 0 saturated heterocycles. The van der Waals surface area contributed by atoms with Gasteiger partial charge < -0.3 is 4.74 Å². The molecule has 0 aromatic carbocycles. The van der Waals surface area contributed by atoms with Crippen LogP contribution in [0.2, 0.25) is 0 Å². The summed E-state index contributed by atoms with van der Waals surface area (Å²) in [6.07, 6.45) is 1.93. The lowest BCUT2D eigenvalue weighted by Gasteiger charge is -2.29. The quantitative estimate of drug-likeness (QED) is 0.530. The predicted octanol–water partition coefficient (Wildman–Crippen LogP) is 1.02. The number of rotatable bonds is 2. The van der Waals surface area contributed by atoms with E-state index in [1.807, 2.05) is 0 Å². The van der Waals surface area contributed by atoms with Crippen LogP contribution in [0.15, 0.2) is 0 Å². The molecule has 0 N–H and O–H groups in total. The Bertz CT molecular complexity index is 391. The van der Waals surface area contributed by atoms with Crippen LogP contribution in [-0.4, -0.2) is 26.7 Å². The third-order valence-corrected chi connectivity index (χ3v) is 5.07.